The van der Waals surface area contributed by atoms with Crippen LogP contribution in [0, 0.1) is 0 Å². The summed E-state index contributed by atoms with van der Waals surface area (Å²) in [7, 11) is -3.89. The van der Waals surface area contributed by atoms with Crippen molar-refractivity contribution in [1.82, 2.24) is 20.3 Å². The van der Waals surface area contributed by atoms with E-state index in [1.54, 1.807) is 42.5 Å². The van der Waals surface area contributed by atoms with Crippen molar-refractivity contribution in [3.63, 3.8) is 0 Å². The molecular weight excluding hydrogens is 510 g/mol. The molecule has 2 aliphatic rings. The van der Waals surface area contributed by atoms with Gasteiger partial charge in [0, 0.05) is 25.9 Å². The molecule has 0 spiro atoms. The molecule has 2 atom stereocenters. The highest BCUT2D eigenvalue weighted by molar-refractivity contribution is 7.89. The highest BCUT2D eigenvalue weighted by atomic mass is 32.2. The summed E-state index contributed by atoms with van der Waals surface area (Å²) in [6.45, 7) is 1.77. The van der Waals surface area contributed by atoms with E-state index in [1.807, 2.05) is 0 Å². The predicted octanol–water partition coefficient (Wildman–Crippen LogP) is 0.312. The smallest absolute Gasteiger partial charge is 0.326 e. The first kappa shape index (κ1) is 27.3. The van der Waals surface area contributed by atoms with Gasteiger partial charge >= 0.3 is 5.97 Å². The molecule has 0 unspecified atom stereocenters. The van der Waals surface area contributed by atoms with E-state index in [4.69, 9.17) is 0 Å². The number of aliphatic imine (C=N–C) groups is 1. The molecule has 2 aromatic rings. The van der Waals surface area contributed by atoms with Crippen LogP contribution in [0.15, 0.2) is 64.5 Å². The van der Waals surface area contributed by atoms with Gasteiger partial charge in [-0.2, -0.15) is 4.31 Å². The molecule has 202 valence electrons. The number of carbonyl (C=O) groups excluding carboxylic acids is 2. The number of hydrogen-bond donors (Lipinski definition) is 4. The number of guanidine groups is 1. The fourth-order valence-electron chi connectivity index (χ4n) is 4.50. The van der Waals surface area contributed by atoms with Crippen molar-refractivity contribution < 1.29 is 27.9 Å². The zero-order chi connectivity index (χ0) is 27.1. The molecule has 12 heteroatoms. The Labute approximate surface area is 221 Å². The molecule has 4 N–H and O–H groups in total. The van der Waals surface area contributed by atoms with E-state index < -0.39 is 34.0 Å². The Balaban J connectivity index is 1.34. The number of rotatable bonds is 11. The fourth-order valence-corrected chi connectivity index (χ4v) is 6.18. The number of Topliss-reactive ketones (excluding diaryl/α,β-unsaturated/α-hetero) is 1. The number of ketones is 1. The maximum Gasteiger partial charge on any atom is 0.326 e. The van der Waals surface area contributed by atoms with Crippen LogP contribution in [0.3, 0.4) is 0 Å². The Morgan fingerprint density at radius 1 is 1.08 bits per heavy atom. The number of aliphatic carboxylic acids is 1. The minimum absolute atomic E-state index is 0.0144. The maximum absolute atomic E-state index is 13.1. The second-order valence-electron chi connectivity index (χ2n) is 9.23. The SMILES string of the molecule is O=C(CNC1=NCCN1)Cc1ccc(C[C@H](NC(=O)[C@@H]2CCCN2S(=O)(=O)c2ccccc2)C(=O)O)cc1. The minimum Gasteiger partial charge on any atom is -0.480 e. The predicted molar refractivity (Wildman–Crippen MR) is 140 cm³/mol. The van der Waals surface area contributed by atoms with Gasteiger partial charge in [0.1, 0.15) is 12.1 Å². The number of carboxylic acids is 1. The van der Waals surface area contributed by atoms with Crippen molar-refractivity contribution in [3.8, 4) is 0 Å². The molecule has 38 heavy (non-hydrogen) atoms. The number of benzene rings is 2. The highest BCUT2D eigenvalue weighted by Gasteiger charge is 2.40. The standard InChI is InChI=1S/C26H31N5O6S/c32-20(17-29-26-27-12-13-28-26)15-18-8-10-19(11-9-18)16-22(25(34)35)30-24(33)23-7-4-14-31(23)38(36,37)21-5-2-1-3-6-21/h1-3,5-6,8-11,22-23H,4,7,12-17H2,(H,30,33)(H,34,35)(H2,27,28,29)/t22-,23-/m0/s1. The molecule has 1 saturated heterocycles. The maximum atomic E-state index is 13.1. The molecule has 2 heterocycles. The summed E-state index contributed by atoms with van der Waals surface area (Å²) in [4.78, 5) is 41.5. The van der Waals surface area contributed by atoms with Crippen molar-refractivity contribution in [3.05, 3.63) is 65.7 Å². The van der Waals surface area contributed by atoms with Gasteiger partial charge in [-0.25, -0.2) is 13.2 Å². The van der Waals surface area contributed by atoms with Crippen LogP contribution in [0.5, 0.6) is 0 Å². The number of nitrogens with one attached hydrogen (secondary N) is 3. The van der Waals surface area contributed by atoms with Crippen LogP contribution in [0.2, 0.25) is 0 Å². The van der Waals surface area contributed by atoms with Crippen LogP contribution < -0.4 is 16.0 Å². The van der Waals surface area contributed by atoms with E-state index in [-0.39, 0.29) is 36.6 Å². The quantitative estimate of drug-likeness (QED) is 0.317. The van der Waals surface area contributed by atoms with Crippen LogP contribution in [0.4, 0.5) is 0 Å². The summed E-state index contributed by atoms with van der Waals surface area (Å²) in [6.07, 6.45) is 1.04. The number of carboxylic acid groups (broad SMARTS) is 1. The molecule has 0 aromatic heterocycles. The van der Waals surface area contributed by atoms with Gasteiger partial charge in [-0.05, 0) is 36.1 Å². The van der Waals surface area contributed by atoms with E-state index in [0.29, 0.717) is 30.9 Å². The third-order valence-electron chi connectivity index (χ3n) is 6.46. The molecule has 2 aliphatic heterocycles. The minimum atomic E-state index is -3.89. The first-order valence-corrected chi connectivity index (χ1v) is 13.9. The second kappa shape index (κ2) is 12.2. The summed E-state index contributed by atoms with van der Waals surface area (Å²) < 4.78 is 27.3. The third kappa shape index (κ3) is 6.75. The van der Waals surface area contributed by atoms with Gasteiger partial charge in [-0.1, -0.05) is 42.5 Å². The molecular formula is C26H31N5O6S. The molecule has 4 rings (SSSR count). The normalized spacial score (nSPS) is 18.3. The van der Waals surface area contributed by atoms with Crippen molar-refractivity contribution in [2.75, 3.05) is 26.2 Å². The summed E-state index contributed by atoms with van der Waals surface area (Å²) >= 11 is 0. The molecule has 0 aliphatic carbocycles. The van der Waals surface area contributed by atoms with Crippen LogP contribution in [-0.2, 0) is 37.2 Å². The van der Waals surface area contributed by atoms with E-state index in [0.717, 1.165) is 16.4 Å². The van der Waals surface area contributed by atoms with Gasteiger partial charge in [0.15, 0.2) is 11.7 Å². The number of carbonyl (C=O) groups is 3. The van der Waals surface area contributed by atoms with Crippen molar-refractivity contribution in [2.24, 2.45) is 4.99 Å². The van der Waals surface area contributed by atoms with E-state index in [2.05, 4.69) is 20.9 Å². The largest absolute Gasteiger partial charge is 0.480 e. The molecule has 0 radical (unpaired) electrons. The van der Waals surface area contributed by atoms with Crippen LogP contribution >= 0.6 is 0 Å². The van der Waals surface area contributed by atoms with Crippen molar-refractivity contribution >= 4 is 33.6 Å². The van der Waals surface area contributed by atoms with Crippen molar-refractivity contribution in [1.29, 1.82) is 0 Å². The van der Waals surface area contributed by atoms with Gasteiger partial charge in [0.2, 0.25) is 15.9 Å². The lowest BCUT2D eigenvalue weighted by Crippen LogP contribution is -2.51. The fraction of sp³-hybridized carbons (Fsp3) is 0.385. The summed E-state index contributed by atoms with van der Waals surface area (Å²) in [5.74, 6) is -1.25. The Bertz CT molecular complexity index is 1300. The lowest BCUT2D eigenvalue weighted by Gasteiger charge is -2.25. The second-order valence-corrected chi connectivity index (χ2v) is 11.1. The Morgan fingerprint density at radius 3 is 2.45 bits per heavy atom. The summed E-state index contributed by atoms with van der Waals surface area (Å²) in [6, 6.07) is 12.6. The molecule has 1 fully saturated rings. The van der Waals surface area contributed by atoms with Crippen LogP contribution in [0.25, 0.3) is 0 Å². The monoisotopic (exact) mass is 541 g/mol. The Morgan fingerprint density at radius 2 is 1.79 bits per heavy atom. The first-order valence-electron chi connectivity index (χ1n) is 12.5. The lowest BCUT2D eigenvalue weighted by atomic mass is 10.0. The third-order valence-corrected chi connectivity index (χ3v) is 8.38. The van der Waals surface area contributed by atoms with E-state index >= 15 is 0 Å². The van der Waals surface area contributed by atoms with Crippen LogP contribution in [0.1, 0.15) is 24.0 Å². The Kier molecular flexibility index (Phi) is 8.74. The summed E-state index contributed by atoms with van der Waals surface area (Å²) in [5.41, 5.74) is 1.45. The van der Waals surface area contributed by atoms with Gasteiger partial charge in [0.05, 0.1) is 18.0 Å². The number of hydrogen-bond acceptors (Lipinski definition) is 8. The lowest BCUT2D eigenvalue weighted by molar-refractivity contribution is -0.142. The molecule has 0 saturated carbocycles. The topological polar surface area (TPSA) is 157 Å². The number of sulfonamides is 1. The first-order chi connectivity index (χ1) is 18.2. The zero-order valence-electron chi connectivity index (χ0n) is 20.8. The molecule has 11 nitrogen and oxygen atoms in total. The van der Waals surface area contributed by atoms with E-state index in [1.165, 1.54) is 12.1 Å². The highest BCUT2D eigenvalue weighted by Crippen LogP contribution is 2.26. The number of amides is 1. The van der Waals surface area contributed by atoms with Crippen molar-refractivity contribution in [2.45, 2.75) is 42.7 Å². The zero-order valence-corrected chi connectivity index (χ0v) is 21.6. The van der Waals surface area contributed by atoms with Gasteiger partial charge in [-0.15, -0.1) is 0 Å². The van der Waals surface area contributed by atoms with Gasteiger partial charge in [-0.3, -0.25) is 14.6 Å². The molecule has 0 bridgehead atoms. The summed E-state index contributed by atoms with van der Waals surface area (Å²) in [5, 5.41) is 18.3. The van der Waals surface area contributed by atoms with Gasteiger partial charge < -0.3 is 21.1 Å². The molecule has 2 aromatic carbocycles. The molecule has 1 amide bonds. The van der Waals surface area contributed by atoms with Crippen LogP contribution in [-0.4, -0.2) is 79.7 Å². The van der Waals surface area contributed by atoms with E-state index in [9.17, 15) is 27.9 Å². The average Bonchev–Trinajstić information content (AvgIpc) is 3.61. The van der Waals surface area contributed by atoms with Gasteiger partial charge in [0.25, 0.3) is 0 Å². The number of nitrogens with zero attached hydrogens (tertiary/aromatic N) is 2. The Hall–Kier alpha value is -3.77. The average molecular weight is 542 g/mol.